The first-order valence-electron chi connectivity index (χ1n) is 8.60. The van der Waals surface area contributed by atoms with Crippen LogP contribution in [0.15, 0.2) is 18.2 Å². The molecule has 2 aliphatic rings. The first-order chi connectivity index (χ1) is 11.5. The molecule has 3 rings (SSSR count). The summed E-state index contributed by atoms with van der Waals surface area (Å²) >= 11 is 6.00. The second kappa shape index (κ2) is 7.53. The first-order valence-corrected chi connectivity index (χ1v) is 8.98. The Labute approximate surface area is 147 Å². The average Bonchev–Trinajstić information content (AvgIpc) is 3.38. The van der Waals surface area contributed by atoms with Crippen molar-refractivity contribution in [2.75, 3.05) is 38.0 Å². The van der Waals surface area contributed by atoms with Gasteiger partial charge in [-0.05, 0) is 49.9 Å². The molecular formula is C18H24ClN3O2. The Morgan fingerprint density at radius 2 is 2.00 bits per heavy atom. The maximum Gasteiger partial charge on any atom is 0.238 e. The smallest absolute Gasteiger partial charge is 0.238 e. The van der Waals surface area contributed by atoms with Crippen LogP contribution in [0.25, 0.3) is 0 Å². The molecule has 130 valence electrons. The van der Waals surface area contributed by atoms with Gasteiger partial charge in [0.15, 0.2) is 0 Å². The van der Waals surface area contributed by atoms with E-state index in [4.69, 9.17) is 11.6 Å². The van der Waals surface area contributed by atoms with Crippen molar-refractivity contribution in [1.82, 2.24) is 9.80 Å². The monoisotopic (exact) mass is 349 g/mol. The van der Waals surface area contributed by atoms with Gasteiger partial charge in [0.25, 0.3) is 0 Å². The van der Waals surface area contributed by atoms with Crippen molar-refractivity contribution < 1.29 is 9.59 Å². The minimum absolute atomic E-state index is 0.0290. The Bertz CT molecular complexity index is 631. The van der Waals surface area contributed by atoms with Crippen LogP contribution in [0.3, 0.4) is 0 Å². The molecule has 0 bridgehead atoms. The summed E-state index contributed by atoms with van der Waals surface area (Å²) in [4.78, 5) is 28.5. The minimum Gasteiger partial charge on any atom is -0.341 e. The Balaban J connectivity index is 1.49. The van der Waals surface area contributed by atoms with Crippen LogP contribution in [-0.2, 0) is 9.59 Å². The summed E-state index contributed by atoms with van der Waals surface area (Å²) in [6.07, 6.45) is 3.01. The standard InChI is InChI=1S/C18H24ClN3O2/c1-13-11-15(5-6-16(13)19)20-17(23)12-21-7-2-8-22(10-9-21)18(24)14-3-4-14/h5-6,11,14H,2-4,7-10,12H2,1H3,(H,20,23). The van der Waals surface area contributed by atoms with Crippen LogP contribution < -0.4 is 5.32 Å². The van der Waals surface area contributed by atoms with Gasteiger partial charge in [0.2, 0.25) is 11.8 Å². The lowest BCUT2D eigenvalue weighted by Crippen LogP contribution is -2.38. The average molecular weight is 350 g/mol. The largest absolute Gasteiger partial charge is 0.341 e. The number of amides is 2. The van der Waals surface area contributed by atoms with Crippen LogP contribution in [0.2, 0.25) is 5.02 Å². The summed E-state index contributed by atoms with van der Waals surface area (Å²) in [5, 5.41) is 3.62. The van der Waals surface area contributed by atoms with E-state index in [2.05, 4.69) is 10.2 Å². The van der Waals surface area contributed by atoms with Crippen molar-refractivity contribution in [1.29, 1.82) is 0 Å². The number of benzene rings is 1. The van der Waals surface area contributed by atoms with Gasteiger partial charge in [-0.25, -0.2) is 0 Å². The third-order valence-corrected chi connectivity index (χ3v) is 5.06. The Hall–Kier alpha value is -1.59. The van der Waals surface area contributed by atoms with E-state index in [-0.39, 0.29) is 11.8 Å². The second-order valence-electron chi connectivity index (χ2n) is 6.74. The molecule has 1 heterocycles. The number of halogens is 1. The molecule has 1 aliphatic carbocycles. The van der Waals surface area contributed by atoms with Gasteiger partial charge in [-0.3, -0.25) is 14.5 Å². The van der Waals surface area contributed by atoms with Gasteiger partial charge in [-0.15, -0.1) is 0 Å². The number of hydrogen-bond donors (Lipinski definition) is 1. The molecule has 0 aromatic heterocycles. The molecule has 0 spiro atoms. The molecule has 1 saturated carbocycles. The maximum absolute atomic E-state index is 12.3. The van der Waals surface area contributed by atoms with E-state index in [0.717, 1.165) is 56.7 Å². The van der Waals surface area contributed by atoms with Gasteiger partial charge in [0.05, 0.1) is 6.54 Å². The first kappa shape index (κ1) is 17.2. The van der Waals surface area contributed by atoms with Crippen molar-refractivity contribution in [3.8, 4) is 0 Å². The SMILES string of the molecule is Cc1cc(NC(=O)CN2CCCN(C(=O)C3CC3)CC2)ccc1Cl. The fraction of sp³-hybridized carbons (Fsp3) is 0.556. The lowest BCUT2D eigenvalue weighted by Gasteiger charge is -2.21. The predicted molar refractivity (Wildman–Crippen MR) is 95.2 cm³/mol. The van der Waals surface area contributed by atoms with Crippen molar-refractivity contribution in [2.24, 2.45) is 5.92 Å². The number of hydrogen-bond acceptors (Lipinski definition) is 3. The number of carbonyl (C=O) groups excluding carboxylic acids is 2. The number of rotatable bonds is 4. The zero-order valence-corrected chi connectivity index (χ0v) is 14.8. The van der Waals surface area contributed by atoms with Crippen LogP contribution in [0.1, 0.15) is 24.8 Å². The van der Waals surface area contributed by atoms with E-state index in [9.17, 15) is 9.59 Å². The van der Waals surface area contributed by atoms with Gasteiger partial charge >= 0.3 is 0 Å². The molecular weight excluding hydrogens is 326 g/mol. The molecule has 1 aromatic carbocycles. The van der Waals surface area contributed by atoms with Gasteiger partial charge in [-0.2, -0.15) is 0 Å². The van der Waals surface area contributed by atoms with E-state index in [1.54, 1.807) is 6.07 Å². The van der Waals surface area contributed by atoms with Crippen molar-refractivity contribution in [3.05, 3.63) is 28.8 Å². The Kier molecular flexibility index (Phi) is 5.41. The van der Waals surface area contributed by atoms with Gasteiger partial charge in [0.1, 0.15) is 0 Å². The highest BCUT2D eigenvalue weighted by molar-refractivity contribution is 6.31. The fourth-order valence-electron chi connectivity index (χ4n) is 3.06. The van der Waals surface area contributed by atoms with Crippen LogP contribution in [0.4, 0.5) is 5.69 Å². The highest BCUT2D eigenvalue weighted by Crippen LogP contribution is 2.31. The molecule has 0 unspecified atom stereocenters. The highest BCUT2D eigenvalue weighted by atomic mass is 35.5. The lowest BCUT2D eigenvalue weighted by molar-refractivity contribution is -0.132. The second-order valence-corrected chi connectivity index (χ2v) is 7.15. The molecule has 1 aromatic rings. The molecule has 2 amide bonds. The van der Waals surface area contributed by atoms with Crippen molar-refractivity contribution in [2.45, 2.75) is 26.2 Å². The van der Waals surface area contributed by atoms with Gasteiger partial charge in [-0.1, -0.05) is 11.6 Å². The van der Waals surface area contributed by atoms with Gasteiger partial charge in [0, 0.05) is 42.8 Å². The van der Waals surface area contributed by atoms with E-state index >= 15 is 0 Å². The minimum atomic E-state index is -0.0290. The molecule has 0 atom stereocenters. The summed E-state index contributed by atoms with van der Waals surface area (Å²) in [5.41, 5.74) is 1.71. The van der Waals surface area contributed by atoms with Crippen LogP contribution in [0.5, 0.6) is 0 Å². The molecule has 0 radical (unpaired) electrons. The molecule has 2 fully saturated rings. The molecule has 24 heavy (non-hydrogen) atoms. The Morgan fingerprint density at radius 1 is 1.21 bits per heavy atom. The van der Waals surface area contributed by atoms with Gasteiger partial charge < -0.3 is 10.2 Å². The summed E-state index contributed by atoms with van der Waals surface area (Å²) in [6, 6.07) is 5.48. The number of carbonyl (C=O) groups is 2. The number of anilines is 1. The topological polar surface area (TPSA) is 52.7 Å². The highest BCUT2D eigenvalue weighted by Gasteiger charge is 2.33. The molecule has 1 saturated heterocycles. The summed E-state index contributed by atoms with van der Waals surface area (Å²) in [5.74, 6) is 0.546. The summed E-state index contributed by atoms with van der Waals surface area (Å²) < 4.78 is 0. The number of aryl methyl sites for hydroxylation is 1. The van der Waals surface area contributed by atoms with E-state index < -0.39 is 0 Å². The van der Waals surface area contributed by atoms with E-state index in [1.807, 2.05) is 24.0 Å². The quantitative estimate of drug-likeness (QED) is 0.908. The summed E-state index contributed by atoms with van der Waals surface area (Å²) in [7, 11) is 0. The van der Waals surface area contributed by atoms with E-state index in [1.165, 1.54) is 0 Å². The maximum atomic E-state index is 12.3. The molecule has 1 N–H and O–H groups in total. The normalized spacial score (nSPS) is 19.0. The van der Waals surface area contributed by atoms with Crippen LogP contribution >= 0.6 is 11.6 Å². The number of nitrogens with zero attached hydrogens (tertiary/aromatic N) is 2. The van der Waals surface area contributed by atoms with Crippen molar-refractivity contribution in [3.63, 3.8) is 0 Å². The lowest BCUT2D eigenvalue weighted by atomic mass is 10.2. The summed E-state index contributed by atoms with van der Waals surface area (Å²) in [6.45, 7) is 5.41. The zero-order valence-electron chi connectivity index (χ0n) is 14.1. The third kappa shape index (κ3) is 4.48. The van der Waals surface area contributed by atoms with Crippen molar-refractivity contribution >= 4 is 29.1 Å². The molecule has 1 aliphatic heterocycles. The van der Waals surface area contributed by atoms with Crippen LogP contribution in [-0.4, -0.2) is 54.3 Å². The van der Waals surface area contributed by atoms with Crippen LogP contribution in [0, 0.1) is 12.8 Å². The molecule has 5 nitrogen and oxygen atoms in total. The third-order valence-electron chi connectivity index (χ3n) is 4.64. The predicted octanol–water partition coefficient (Wildman–Crippen LogP) is 2.53. The van der Waals surface area contributed by atoms with E-state index in [0.29, 0.717) is 17.5 Å². The zero-order chi connectivity index (χ0) is 17.1. The molecule has 6 heteroatoms. The Morgan fingerprint density at radius 3 is 2.71 bits per heavy atom. The number of nitrogens with one attached hydrogen (secondary N) is 1. The fourth-order valence-corrected chi connectivity index (χ4v) is 3.18.